The predicted octanol–water partition coefficient (Wildman–Crippen LogP) is 1.18. The van der Waals surface area contributed by atoms with E-state index in [9.17, 15) is 4.79 Å². The van der Waals surface area contributed by atoms with Gasteiger partial charge in [0.2, 0.25) is 0 Å². The van der Waals surface area contributed by atoms with Crippen molar-refractivity contribution < 1.29 is 9.53 Å². The Morgan fingerprint density at radius 3 is 2.47 bits per heavy atom. The fraction of sp³-hybridized carbons (Fsp3) is 0.214. The maximum Gasteiger partial charge on any atom is 0.257 e. The van der Waals surface area contributed by atoms with Crippen LogP contribution in [0.25, 0.3) is 10.8 Å². The van der Waals surface area contributed by atoms with Gasteiger partial charge in [0.25, 0.3) is 5.91 Å². The number of nitrogens with zero attached hydrogens (tertiary/aromatic N) is 1. The van der Waals surface area contributed by atoms with Crippen LogP contribution in [0.1, 0.15) is 11.6 Å². The van der Waals surface area contributed by atoms with Gasteiger partial charge in [-0.25, -0.2) is 5.84 Å². The number of benzene rings is 2. The number of amides is 1. The van der Waals surface area contributed by atoms with Crippen LogP contribution in [-0.4, -0.2) is 25.1 Å². The minimum Gasteiger partial charge on any atom is -0.497 e. The average molecular weight is 259 g/mol. The minimum absolute atomic E-state index is 0.326. The van der Waals surface area contributed by atoms with Gasteiger partial charge < -0.3 is 10.5 Å². The van der Waals surface area contributed by atoms with E-state index in [0.717, 1.165) is 27.1 Å². The number of methoxy groups -OCH3 is 1. The van der Waals surface area contributed by atoms with Crippen LogP contribution in [0.3, 0.4) is 0 Å². The molecule has 0 saturated heterocycles. The molecule has 0 aliphatic rings. The molecule has 1 atom stereocenters. The molecule has 0 heterocycles. The normalized spacial score (nSPS) is 12.2. The SMILES string of the molecule is COc1ccc2cc(C(N)C(=O)N(C)N)ccc2c1. The van der Waals surface area contributed by atoms with Crippen molar-refractivity contribution in [1.82, 2.24) is 5.01 Å². The number of nitrogens with two attached hydrogens (primary N) is 2. The quantitative estimate of drug-likeness (QED) is 0.492. The number of carbonyl (C=O) groups is 1. The van der Waals surface area contributed by atoms with Crippen molar-refractivity contribution in [3.8, 4) is 5.75 Å². The molecule has 0 saturated carbocycles. The Morgan fingerprint density at radius 2 is 1.84 bits per heavy atom. The fourth-order valence-corrected chi connectivity index (χ4v) is 1.92. The van der Waals surface area contributed by atoms with E-state index in [-0.39, 0.29) is 5.91 Å². The molecule has 0 aromatic heterocycles. The summed E-state index contributed by atoms with van der Waals surface area (Å²) in [5.74, 6) is 5.88. The first-order valence-electron chi connectivity index (χ1n) is 5.88. The average Bonchev–Trinajstić information content (AvgIpc) is 2.44. The predicted molar refractivity (Wildman–Crippen MR) is 74.4 cm³/mol. The molecule has 2 aromatic carbocycles. The second kappa shape index (κ2) is 5.26. The molecular weight excluding hydrogens is 242 g/mol. The first kappa shape index (κ1) is 13.3. The van der Waals surface area contributed by atoms with Crippen LogP contribution < -0.4 is 16.3 Å². The lowest BCUT2D eigenvalue weighted by molar-refractivity contribution is -0.131. The van der Waals surface area contributed by atoms with E-state index in [1.807, 2.05) is 36.4 Å². The van der Waals surface area contributed by atoms with Gasteiger partial charge in [0.05, 0.1) is 7.11 Å². The number of likely N-dealkylation sites (N-methyl/N-ethyl adjacent to an activating group) is 1. The summed E-state index contributed by atoms with van der Waals surface area (Å²) in [6, 6.07) is 10.6. The first-order valence-corrected chi connectivity index (χ1v) is 5.88. The van der Waals surface area contributed by atoms with Crippen molar-refractivity contribution in [2.45, 2.75) is 6.04 Å². The van der Waals surface area contributed by atoms with E-state index in [4.69, 9.17) is 16.3 Å². The third-order valence-electron chi connectivity index (χ3n) is 3.04. The fourth-order valence-electron chi connectivity index (χ4n) is 1.92. The topological polar surface area (TPSA) is 81.6 Å². The largest absolute Gasteiger partial charge is 0.497 e. The molecule has 0 fully saturated rings. The van der Waals surface area contributed by atoms with E-state index in [0.29, 0.717) is 0 Å². The summed E-state index contributed by atoms with van der Waals surface area (Å²) in [4.78, 5) is 11.7. The number of fused-ring (bicyclic) bond motifs is 1. The summed E-state index contributed by atoms with van der Waals surface area (Å²) in [6.45, 7) is 0. The van der Waals surface area contributed by atoms with E-state index in [1.165, 1.54) is 7.05 Å². The van der Waals surface area contributed by atoms with Crippen LogP contribution >= 0.6 is 0 Å². The molecule has 5 nitrogen and oxygen atoms in total. The maximum atomic E-state index is 11.7. The zero-order valence-corrected chi connectivity index (χ0v) is 11.0. The summed E-state index contributed by atoms with van der Waals surface area (Å²) < 4.78 is 5.17. The Balaban J connectivity index is 2.39. The van der Waals surface area contributed by atoms with Crippen molar-refractivity contribution >= 4 is 16.7 Å². The highest BCUT2D eigenvalue weighted by Gasteiger charge is 2.18. The molecule has 1 amide bonds. The molecule has 4 N–H and O–H groups in total. The van der Waals surface area contributed by atoms with Crippen LogP contribution in [0.2, 0.25) is 0 Å². The highest BCUT2D eigenvalue weighted by molar-refractivity contribution is 5.88. The van der Waals surface area contributed by atoms with Crippen molar-refractivity contribution in [2.75, 3.05) is 14.2 Å². The zero-order valence-electron chi connectivity index (χ0n) is 11.0. The van der Waals surface area contributed by atoms with Crippen molar-refractivity contribution in [1.29, 1.82) is 0 Å². The standard InChI is InChI=1S/C14H17N3O2/c1-17(16)14(18)13(15)11-4-3-10-8-12(19-2)6-5-9(10)7-11/h3-8,13H,15-16H2,1-2H3. The summed E-state index contributed by atoms with van der Waals surface area (Å²) >= 11 is 0. The van der Waals surface area contributed by atoms with Crippen LogP contribution in [0.4, 0.5) is 0 Å². The molecule has 2 rings (SSSR count). The van der Waals surface area contributed by atoms with Crippen molar-refractivity contribution in [2.24, 2.45) is 11.6 Å². The lowest BCUT2D eigenvalue weighted by atomic mass is 10.0. The van der Waals surface area contributed by atoms with E-state index < -0.39 is 6.04 Å². The number of carbonyl (C=O) groups excluding carboxylic acids is 1. The Hall–Kier alpha value is -2.11. The third kappa shape index (κ3) is 2.67. The Kier molecular flexibility index (Phi) is 3.69. The number of hydrogen-bond donors (Lipinski definition) is 2. The lowest BCUT2D eigenvalue weighted by Crippen LogP contribution is -2.40. The van der Waals surface area contributed by atoms with Gasteiger partial charge in [-0.1, -0.05) is 18.2 Å². The smallest absolute Gasteiger partial charge is 0.257 e. The third-order valence-corrected chi connectivity index (χ3v) is 3.04. The Bertz CT molecular complexity index is 611. The van der Waals surface area contributed by atoms with Crippen LogP contribution in [0.5, 0.6) is 5.75 Å². The number of rotatable bonds is 3. The van der Waals surface area contributed by atoms with Gasteiger partial charge in [0, 0.05) is 7.05 Å². The lowest BCUT2D eigenvalue weighted by Gasteiger charge is -2.17. The van der Waals surface area contributed by atoms with E-state index in [2.05, 4.69) is 0 Å². The molecule has 1 unspecified atom stereocenters. The summed E-state index contributed by atoms with van der Waals surface area (Å²) in [5.41, 5.74) is 6.63. The molecule has 0 radical (unpaired) electrons. The first-order chi connectivity index (χ1) is 9.02. The van der Waals surface area contributed by atoms with Crippen molar-refractivity contribution in [3.63, 3.8) is 0 Å². The van der Waals surface area contributed by atoms with Gasteiger partial charge in [-0.3, -0.25) is 9.80 Å². The van der Waals surface area contributed by atoms with Gasteiger partial charge in [0.15, 0.2) is 0 Å². The molecule has 0 spiro atoms. The van der Waals surface area contributed by atoms with Gasteiger partial charge in [-0.05, 0) is 34.5 Å². The second-order valence-electron chi connectivity index (χ2n) is 4.40. The van der Waals surface area contributed by atoms with Gasteiger partial charge in [-0.15, -0.1) is 0 Å². The van der Waals surface area contributed by atoms with E-state index in [1.54, 1.807) is 7.11 Å². The van der Waals surface area contributed by atoms with Crippen LogP contribution in [0.15, 0.2) is 36.4 Å². The molecule has 0 bridgehead atoms. The highest BCUT2D eigenvalue weighted by Crippen LogP contribution is 2.24. The van der Waals surface area contributed by atoms with Crippen molar-refractivity contribution in [3.05, 3.63) is 42.0 Å². The van der Waals surface area contributed by atoms with Gasteiger partial charge in [0.1, 0.15) is 11.8 Å². The monoisotopic (exact) mass is 259 g/mol. The minimum atomic E-state index is -0.749. The second-order valence-corrected chi connectivity index (χ2v) is 4.40. The zero-order chi connectivity index (χ0) is 14.0. The number of hydrazine groups is 1. The summed E-state index contributed by atoms with van der Waals surface area (Å²) in [6.07, 6.45) is 0. The summed E-state index contributed by atoms with van der Waals surface area (Å²) in [7, 11) is 3.11. The molecule has 100 valence electrons. The molecule has 0 aliphatic carbocycles. The molecule has 5 heteroatoms. The maximum absolute atomic E-state index is 11.7. The molecular formula is C14H17N3O2. The van der Waals surface area contributed by atoms with Gasteiger partial charge >= 0.3 is 0 Å². The number of hydrogen-bond acceptors (Lipinski definition) is 4. The van der Waals surface area contributed by atoms with E-state index >= 15 is 0 Å². The van der Waals surface area contributed by atoms with Crippen LogP contribution in [0, 0.1) is 0 Å². The molecule has 2 aromatic rings. The Morgan fingerprint density at radius 1 is 1.21 bits per heavy atom. The Labute approximate surface area is 111 Å². The highest BCUT2D eigenvalue weighted by atomic mass is 16.5. The summed E-state index contributed by atoms with van der Waals surface area (Å²) in [5, 5.41) is 3.04. The number of ether oxygens (including phenoxy) is 1. The van der Waals surface area contributed by atoms with Gasteiger partial charge in [-0.2, -0.15) is 0 Å². The van der Waals surface area contributed by atoms with Crippen LogP contribution in [-0.2, 0) is 4.79 Å². The molecule has 0 aliphatic heterocycles. The molecule has 19 heavy (non-hydrogen) atoms.